The highest BCUT2D eigenvalue weighted by Gasteiger charge is 2.60. The molecule has 4 nitrogen and oxygen atoms in total. The molecule has 2 fully saturated rings. The van der Waals surface area contributed by atoms with Crippen molar-refractivity contribution in [2.24, 2.45) is 5.41 Å². The van der Waals surface area contributed by atoms with Crippen LogP contribution in [-0.2, 0) is 18.8 Å². The first-order valence-electron chi connectivity index (χ1n) is 5.67. The van der Waals surface area contributed by atoms with Crippen LogP contribution >= 0.6 is 8.46 Å². The van der Waals surface area contributed by atoms with E-state index < -0.39 is 17.5 Å². The molecule has 4 atom stereocenters. The molecule has 0 bridgehead atoms. The minimum Gasteiger partial charge on any atom is -0.344 e. The van der Waals surface area contributed by atoms with Gasteiger partial charge in [0, 0.05) is 0 Å². The van der Waals surface area contributed by atoms with Crippen LogP contribution in [-0.4, -0.2) is 30.4 Å². The molecule has 17 heavy (non-hydrogen) atoms. The number of rotatable bonds is 2. The van der Waals surface area contributed by atoms with E-state index in [9.17, 15) is 4.57 Å². The van der Waals surface area contributed by atoms with Crippen molar-refractivity contribution >= 4 is 8.46 Å². The van der Waals surface area contributed by atoms with E-state index in [-0.39, 0.29) is 20.7 Å². The molecule has 0 unspecified atom stereocenters. The molecule has 2 aliphatic rings. The second-order valence-electron chi connectivity index (χ2n) is 5.02. The zero-order valence-corrected chi connectivity index (χ0v) is 11.4. The van der Waals surface area contributed by atoms with Crippen molar-refractivity contribution in [1.29, 1.82) is 0 Å². The van der Waals surface area contributed by atoms with Gasteiger partial charge in [0.2, 0.25) is 0 Å². The van der Waals surface area contributed by atoms with Crippen LogP contribution in [0.5, 0.6) is 0 Å². The normalized spacial score (nSPS) is 43.2. The standard InChI is InChI=1S/C12H17O4P/c1-5-6-12(4)8(7-17-13)14-10-9(12)15-11(2,3)16-10/h8-10H,7H2,1-4H3/t8-,9+,10-,12+/m1/s1. The Hall–Kier alpha value is -0.460. The van der Waals surface area contributed by atoms with Crippen LogP contribution in [0.25, 0.3) is 0 Å². The van der Waals surface area contributed by atoms with Crippen LogP contribution < -0.4 is 0 Å². The topological polar surface area (TPSA) is 44.8 Å². The molecule has 0 spiro atoms. The summed E-state index contributed by atoms with van der Waals surface area (Å²) in [5, 5.41) is 0. The molecule has 0 aliphatic carbocycles. The summed E-state index contributed by atoms with van der Waals surface area (Å²) in [6.45, 7) is 7.48. The van der Waals surface area contributed by atoms with Crippen LogP contribution in [0.4, 0.5) is 0 Å². The van der Waals surface area contributed by atoms with Crippen molar-refractivity contribution in [2.75, 3.05) is 6.16 Å². The highest BCUT2D eigenvalue weighted by molar-refractivity contribution is 7.23. The Kier molecular flexibility index (Phi) is 3.31. The predicted molar refractivity (Wildman–Crippen MR) is 62.7 cm³/mol. The van der Waals surface area contributed by atoms with Crippen LogP contribution in [0.15, 0.2) is 0 Å². The molecular formula is C12H17O4P. The molecule has 0 amide bonds. The van der Waals surface area contributed by atoms with Gasteiger partial charge >= 0.3 is 0 Å². The Morgan fingerprint density at radius 1 is 1.29 bits per heavy atom. The molecular weight excluding hydrogens is 239 g/mol. The first-order valence-corrected chi connectivity index (χ1v) is 6.67. The van der Waals surface area contributed by atoms with Gasteiger partial charge in [-0.3, -0.25) is 4.57 Å². The largest absolute Gasteiger partial charge is 0.344 e. The summed E-state index contributed by atoms with van der Waals surface area (Å²) in [4.78, 5) is 0. The quantitative estimate of drug-likeness (QED) is 0.561. The van der Waals surface area contributed by atoms with Crippen LogP contribution in [0, 0.1) is 17.3 Å². The van der Waals surface area contributed by atoms with Gasteiger partial charge < -0.3 is 14.2 Å². The summed E-state index contributed by atoms with van der Waals surface area (Å²) in [6, 6.07) is 0. The second kappa shape index (κ2) is 4.33. The van der Waals surface area contributed by atoms with Crippen LogP contribution in [0.2, 0.25) is 0 Å². The molecule has 2 aliphatic heterocycles. The van der Waals surface area contributed by atoms with Crippen molar-refractivity contribution in [3.63, 3.8) is 0 Å². The Morgan fingerprint density at radius 3 is 2.59 bits per heavy atom. The lowest BCUT2D eigenvalue weighted by molar-refractivity contribution is -0.210. The summed E-state index contributed by atoms with van der Waals surface area (Å²) in [7, 11) is 0.0558. The van der Waals surface area contributed by atoms with E-state index in [4.69, 9.17) is 14.2 Å². The van der Waals surface area contributed by atoms with E-state index in [2.05, 4.69) is 11.8 Å². The van der Waals surface area contributed by atoms with E-state index in [1.165, 1.54) is 0 Å². The van der Waals surface area contributed by atoms with Gasteiger partial charge in [-0.1, -0.05) is 5.92 Å². The Balaban J connectivity index is 2.28. The zero-order valence-electron chi connectivity index (χ0n) is 10.5. The van der Waals surface area contributed by atoms with Crippen molar-refractivity contribution < 1.29 is 18.8 Å². The minimum atomic E-state index is -0.647. The van der Waals surface area contributed by atoms with Gasteiger partial charge in [-0.05, 0) is 27.7 Å². The van der Waals surface area contributed by atoms with E-state index in [0.717, 1.165) is 0 Å². The van der Waals surface area contributed by atoms with Gasteiger partial charge in [-0.25, -0.2) is 0 Å². The van der Waals surface area contributed by atoms with Crippen LogP contribution in [0.1, 0.15) is 27.7 Å². The monoisotopic (exact) mass is 256 g/mol. The Bertz CT molecular complexity index is 384. The third-order valence-corrected chi connectivity index (χ3v) is 3.73. The van der Waals surface area contributed by atoms with Gasteiger partial charge in [0.1, 0.15) is 6.10 Å². The predicted octanol–water partition coefficient (Wildman–Crippen LogP) is 2.18. The zero-order chi connectivity index (χ0) is 12.7. The summed E-state index contributed by atoms with van der Waals surface area (Å²) in [6.07, 6.45) is -0.453. The summed E-state index contributed by atoms with van der Waals surface area (Å²) < 4.78 is 28.1. The fourth-order valence-electron chi connectivity index (χ4n) is 2.44. The highest BCUT2D eigenvalue weighted by Crippen LogP contribution is 2.48. The lowest BCUT2D eigenvalue weighted by atomic mass is 9.82. The van der Waals surface area contributed by atoms with Crippen LogP contribution in [0.3, 0.4) is 0 Å². The number of hydrogen-bond acceptors (Lipinski definition) is 4. The summed E-state index contributed by atoms with van der Waals surface area (Å²) >= 11 is 0. The molecule has 0 N–H and O–H groups in total. The fourth-order valence-corrected chi connectivity index (χ4v) is 3.04. The molecule has 0 aromatic rings. The fraction of sp³-hybridized carbons (Fsp3) is 0.833. The Labute approximate surface area is 103 Å². The van der Waals surface area contributed by atoms with Crippen molar-refractivity contribution in [3.05, 3.63) is 0 Å². The molecule has 2 heterocycles. The average Bonchev–Trinajstić information content (AvgIpc) is 2.63. The molecule has 2 saturated heterocycles. The van der Waals surface area contributed by atoms with Gasteiger partial charge in [-0.2, -0.15) is 0 Å². The highest BCUT2D eigenvalue weighted by atomic mass is 31.1. The summed E-state index contributed by atoms with van der Waals surface area (Å²) in [5.74, 6) is 5.40. The molecule has 0 radical (unpaired) electrons. The van der Waals surface area contributed by atoms with Gasteiger partial charge in [-0.15, -0.1) is 5.92 Å². The maximum absolute atomic E-state index is 10.8. The minimum absolute atomic E-state index is 0.0558. The van der Waals surface area contributed by atoms with Crippen molar-refractivity contribution in [1.82, 2.24) is 0 Å². The van der Waals surface area contributed by atoms with E-state index in [1.807, 2.05) is 20.8 Å². The smallest absolute Gasteiger partial charge is 0.189 e. The van der Waals surface area contributed by atoms with Gasteiger partial charge in [0.15, 0.2) is 20.5 Å². The number of ether oxygens (including phenoxy) is 3. The van der Waals surface area contributed by atoms with Crippen molar-refractivity contribution in [3.8, 4) is 11.8 Å². The lowest BCUT2D eigenvalue weighted by Crippen LogP contribution is -2.39. The first kappa shape index (κ1) is 13.0. The van der Waals surface area contributed by atoms with Gasteiger partial charge in [0.25, 0.3) is 0 Å². The Morgan fingerprint density at radius 2 is 2.00 bits per heavy atom. The molecule has 5 heteroatoms. The average molecular weight is 256 g/mol. The van der Waals surface area contributed by atoms with Crippen molar-refractivity contribution in [2.45, 2.75) is 52.0 Å². The first-order chi connectivity index (χ1) is 7.93. The third kappa shape index (κ3) is 2.13. The second-order valence-corrected chi connectivity index (χ2v) is 5.64. The van der Waals surface area contributed by atoms with E-state index >= 15 is 0 Å². The van der Waals surface area contributed by atoms with E-state index in [1.54, 1.807) is 6.92 Å². The maximum atomic E-state index is 10.8. The SMILES string of the molecule is CC#C[C@@]1(C)[C@@H](CP=O)O[C@@H]2OC(C)(C)O[C@@H]21. The maximum Gasteiger partial charge on any atom is 0.189 e. The summed E-state index contributed by atoms with van der Waals surface area (Å²) in [5.41, 5.74) is -0.468. The molecule has 0 aromatic heterocycles. The number of fused-ring (bicyclic) bond motifs is 1. The molecule has 0 aromatic carbocycles. The number of hydrogen-bond donors (Lipinski definition) is 0. The van der Waals surface area contributed by atoms with E-state index in [0.29, 0.717) is 6.16 Å². The molecule has 0 saturated carbocycles. The lowest BCUT2D eigenvalue weighted by Gasteiger charge is -2.29. The molecule has 94 valence electrons. The third-order valence-electron chi connectivity index (χ3n) is 3.25. The van der Waals surface area contributed by atoms with Gasteiger partial charge in [0.05, 0.1) is 17.7 Å². The molecule has 2 rings (SSSR count).